The highest BCUT2D eigenvalue weighted by Crippen LogP contribution is 2.25. The lowest BCUT2D eigenvalue weighted by molar-refractivity contribution is -0.385. The Kier molecular flexibility index (Phi) is 5.56. The van der Waals surface area contributed by atoms with Gasteiger partial charge in [-0.25, -0.2) is 4.98 Å². The van der Waals surface area contributed by atoms with E-state index in [0.717, 1.165) is 37.4 Å². The summed E-state index contributed by atoms with van der Waals surface area (Å²) in [6.07, 6.45) is 1.74. The highest BCUT2D eigenvalue weighted by atomic mass is 32.1. The number of hydrogen-bond donors (Lipinski definition) is 0. The zero-order valence-corrected chi connectivity index (χ0v) is 16.8. The first-order valence-electron chi connectivity index (χ1n) is 9.25. The van der Waals surface area contributed by atoms with Gasteiger partial charge in [0.05, 0.1) is 17.7 Å². The van der Waals surface area contributed by atoms with Crippen molar-refractivity contribution in [1.29, 1.82) is 0 Å². The van der Waals surface area contributed by atoms with E-state index in [1.165, 1.54) is 17.4 Å². The molecule has 3 heterocycles. The summed E-state index contributed by atoms with van der Waals surface area (Å²) in [6.45, 7) is 4.56. The van der Waals surface area contributed by atoms with Gasteiger partial charge in [0, 0.05) is 74.6 Å². The van der Waals surface area contributed by atoms with Gasteiger partial charge in [-0.15, -0.1) is 11.3 Å². The lowest BCUT2D eigenvalue weighted by atomic mass is 10.1. The SMILES string of the molecule is COc1ccc([N+](=O)[O-])cc1CN1CCN(Cc2cc(=O)n3ccsc3n2)CC1. The standard InChI is InChI=1S/C19H21N5O4S/c1-28-17-3-2-16(24(26)27)10-14(17)12-21-4-6-22(7-5-21)13-15-11-18(25)23-8-9-29-19(23)20-15/h2-3,8-11H,4-7,12-13H2,1H3. The van der Waals surface area contributed by atoms with E-state index in [-0.39, 0.29) is 16.2 Å². The molecule has 1 saturated heterocycles. The Bertz CT molecular complexity index is 1090. The number of nitro groups is 1. The molecule has 3 aromatic rings. The largest absolute Gasteiger partial charge is 0.496 e. The minimum Gasteiger partial charge on any atom is -0.496 e. The van der Waals surface area contributed by atoms with E-state index in [0.29, 0.717) is 23.8 Å². The molecule has 0 atom stereocenters. The Morgan fingerprint density at radius 2 is 1.90 bits per heavy atom. The Labute approximate surface area is 170 Å². The molecule has 0 radical (unpaired) electrons. The Balaban J connectivity index is 1.39. The summed E-state index contributed by atoms with van der Waals surface area (Å²) in [5.41, 5.74) is 1.61. The normalized spacial score (nSPS) is 15.6. The Morgan fingerprint density at radius 1 is 1.17 bits per heavy atom. The molecule has 1 aromatic carbocycles. The van der Waals surface area contributed by atoms with Crippen molar-refractivity contribution >= 4 is 22.0 Å². The Morgan fingerprint density at radius 3 is 2.59 bits per heavy atom. The molecule has 0 amide bonds. The summed E-state index contributed by atoms with van der Waals surface area (Å²) in [4.78, 5) is 32.6. The van der Waals surface area contributed by atoms with Crippen molar-refractivity contribution in [3.05, 3.63) is 67.6 Å². The van der Waals surface area contributed by atoms with Crippen molar-refractivity contribution in [2.24, 2.45) is 0 Å². The quantitative estimate of drug-likeness (QED) is 0.449. The van der Waals surface area contributed by atoms with Crippen LogP contribution in [0.25, 0.3) is 4.96 Å². The number of nitro benzene ring substituents is 1. The van der Waals surface area contributed by atoms with Crippen LogP contribution in [-0.4, -0.2) is 57.4 Å². The number of aromatic nitrogens is 2. The number of nitrogens with zero attached hydrogens (tertiary/aromatic N) is 5. The fourth-order valence-corrected chi connectivity index (χ4v) is 4.29. The molecule has 0 spiro atoms. The average Bonchev–Trinajstić information content (AvgIpc) is 3.18. The lowest BCUT2D eigenvalue weighted by Crippen LogP contribution is -2.45. The van der Waals surface area contributed by atoms with E-state index in [1.54, 1.807) is 35.9 Å². The number of ether oxygens (including phenoxy) is 1. The van der Waals surface area contributed by atoms with E-state index < -0.39 is 0 Å². The van der Waals surface area contributed by atoms with E-state index in [2.05, 4.69) is 14.8 Å². The van der Waals surface area contributed by atoms with Gasteiger partial charge < -0.3 is 4.74 Å². The number of methoxy groups -OCH3 is 1. The first kappa shape index (κ1) is 19.5. The summed E-state index contributed by atoms with van der Waals surface area (Å²) < 4.78 is 6.92. The predicted octanol–water partition coefficient (Wildman–Crippen LogP) is 1.99. The number of thiazole rings is 1. The molecule has 1 fully saturated rings. The van der Waals surface area contributed by atoms with Gasteiger partial charge in [0.1, 0.15) is 5.75 Å². The van der Waals surface area contributed by atoms with Crippen molar-refractivity contribution in [2.45, 2.75) is 13.1 Å². The number of piperazine rings is 1. The molecule has 0 unspecified atom stereocenters. The van der Waals surface area contributed by atoms with Crippen LogP contribution in [0.15, 0.2) is 40.6 Å². The number of fused-ring (bicyclic) bond motifs is 1. The molecule has 29 heavy (non-hydrogen) atoms. The zero-order chi connectivity index (χ0) is 20.4. The van der Waals surface area contributed by atoms with Gasteiger partial charge >= 0.3 is 0 Å². The van der Waals surface area contributed by atoms with Crippen molar-refractivity contribution in [2.75, 3.05) is 33.3 Å². The molecule has 1 aliphatic rings. The number of hydrogen-bond acceptors (Lipinski definition) is 8. The molecule has 152 valence electrons. The van der Waals surface area contributed by atoms with Crippen LogP contribution in [-0.2, 0) is 13.1 Å². The minimum atomic E-state index is -0.388. The molecule has 10 heteroatoms. The van der Waals surface area contributed by atoms with Crippen LogP contribution in [0.3, 0.4) is 0 Å². The molecular weight excluding hydrogens is 394 g/mol. The topological polar surface area (TPSA) is 93.2 Å². The molecule has 0 aliphatic carbocycles. The van der Waals surface area contributed by atoms with Crippen LogP contribution in [0.5, 0.6) is 5.75 Å². The molecular formula is C19H21N5O4S. The van der Waals surface area contributed by atoms with Crippen molar-refractivity contribution < 1.29 is 9.66 Å². The number of non-ortho nitro benzene ring substituents is 1. The molecule has 0 N–H and O–H groups in total. The Hall–Kier alpha value is -2.82. The van der Waals surface area contributed by atoms with Crippen LogP contribution in [0, 0.1) is 10.1 Å². The first-order chi connectivity index (χ1) is 14.0. The molecule has 2 aromatic heterocycles. The van der Waals surface area contributed by atoms with Crippen molar-refractivity contribution in [1.82, 2.24) is 19.2 Å². The van der Waals surface area contributed by atoms with Crippen LogP contribution in [0.4, 0.5) is 5.69 Å². The monoisotopic (exact) mass is 415 g/mol. The summed E-state index contributed by atoms with van der Waals surface area (Å²) >= 11 is 1.45. The lowest BCUT2D eigenvalue weighted by Gasteiger charge is -2.34. The highest BCUT2D eigenvalue weighted by Gasteiger charge is 2.20. The third-order valence-electron chi connectivity index (χ3n) is 5.08. The molecule has 9 nitrogen and oxygen atoms in total. The van der Waals surface area contributed by atoms with Crippen molar-refractivity contribution in [3.8, 4) is 5.75 Å². The third-order valence-corrected chi connectivity index (χ3v) is 5.83. The molecule has 0 bridgehead atoms. The van der Waals surface area contributed by atoms with Gasteiger partial charge in [-0.05, 0) is 6.07 Å². The molecule has 1 aliphatic heterocycles. The van der Waals surface area contributed by atoms with Gasteiger partial charge in [0.2, 0.25) is 0 Å². The van der Waals surface area contributed by atoms with E-state index in [1.807, 2.05) is 5.38 Å². The van der Waals surface area contributed by atoms with Gasteiger partial charge in [-0.1, -0.05) is 0 Å². The maximum atomic E-state index is 12.1. The molecule has 0 saturated carbocycles. The summed E-state index contributed by atoms with van der Waals surface area (Å²) in [5.74, 6) is 0.659. The van der Waals surface area contributed by atoms with Crippen molar-refractivity contribution in [3.63, 3.8) is 0 Å². The fourth-order valence-electron chi connectivity index (χ4n) is 3.55. The van der Waals surface area contributed by atoms with E-state index in [9.17, 15) is 14.9 Å². The van der Waals surface area contributed by atoms with Gasteiger partial charge in [0.15, 0.2) is 4.96 Å². The van der Waals surface area contributed by atoms with Crippen LogP contribution in [0.2, 0.25) is 0 Å². The van der Waals surface area contributed by atoms with Gasteiger partial charge in [0.25, 0.3) is 11.2 Å². The highest BCUT2D eigenvalue weighted by molar-refractivity contribution is 7.15. The average molecular weight is 415 g/mol. The fraction of sp³-hybridized carbons (Fsp3) is 0.368. The van der Waals surface area contributed by atoms with Gasteiger partial charge in [-0.2, -0.15) is 0 Å². The van der Waals surface area contributed by atoms with Crippen LogP contribution in [0.1, 0.15) is 11.3 Å². The maximum absolute atomic E-state index is 12.1. The second kappa shape index (κ2) is 8.27. The number of rotatable bonds is 6. The third kappa shape index (κ3) is 4.29. The zero-order valence-electron chi connectivity index (χ0n) is 16.0. The summed E-state index contributed by atoms with van der Waals surface area (Å²) in [5, 5.41) is 12.9. The van der Waals surface area contributed by atoms with Gasteiger partial charge in [-0.3, -0.25) is 29.1 Å². The smallest absolute Gasteiger partial charge is 0.270 e. The second-order valence-electron chi connectivity index (χ2n) is 6.95. The van der Waals surface area contributed by atoms with E-state index >= 15 is 0 Å². The second-order valence-corrected chi connectivity index (χ2v) is 7.82. The first-order valence-corrected chi connectivity index (χ1v) is 10.1. The summed E-state index contributed by atoms with van der Waals surface area (Å²) in [7, 11) is 1.57. The maximum Gasteiger partial charge on any atom is 0.270 e. The summed E-state index contributed by atoms with van der Waals surface area (Å²) in [6, 6.07) is 6.29. The van der Waals surface area contributed by atoms with E-state index in [4.69, 9.17) is 4.74 Å². The minimum absolute atomic E-state index is 0.0531. The molecule has 4 rings (SSSR count). The number of benzene rings is 1. The predicted molar refractivity (Wildman–Crippen MR) is 110 cm³/mol. The van der Waals surface area contributed by atoms with Crippen LogP contribution < -0.4 is 10.3 Å². The van der Waals surface area contributed by atoms with Crippen LogP contribution >= 0.6 is 11.3 Å².